The molecule has 0 saturated heterocycles. The zero-order chi connectivity index (χ0) is 20.3. The van der Waals surface area contributed by atoms with Gasteiger partial charge in [-0.25, -0.2) is 0 Å². The standard InChI is InChI=1S/C21H22N4O2S/c1-5-11-25-20(16-9-7-6-8-10-16)23-24-21(25)28-12-17(27)19-13(2)18(15(4)26)14(3)22-19/h5-10,22H,1,11-12H2,2-4H3. The highest BCUT2D eigenvalue weighted by Crippen LogP contribution is 2.26. The summed E-state index contributed by atoms with van der Waals surface area (Å²) in [7, 11) is 0. The molecule has 144 valence electrons. The highest BCUT2D eigenvalue weighted by atomic mass is 32.2. The Hall–Kier alpha value is -2.93. The maximum absolute atomic E-state index is 12.7. The van der Waals surface area contributed by atoms with Crippen molar-refractivity contribution in [3.8, 4) is 11.4 Å². The Kier molecular flexibility index (Phi) is 5.94. The molecule has 1 aromatic carbocycles. The molecule has 3 aromatic rings. The molecule has 0 aliphatic carbocycles. The van der Waals surface area contributed by atoms with Gasteiger partial charge in [-0.3, -0.25) is 14.2 Å². The Morgan fingerprint density at radius 2 is 1.93 bits per heavy atom. The molecule has 0 atom stereocenters. The minimum Gasteiger partial charge on any atom is -0.355 e. The lowest BCUT2D eigenvalue weighted by molar-refractivity contribution is 0.101. The van der Waals surface area contributed by atoms with Crippen molar-refractivity contribution in [3.63, 3.8) is 0 Å². The first kappa shape index (κ1) is 19.8. The summed E-state index contributed by atoms with van der Waals surface area (Å²) in [5, 5.41) is 9.21. The molecule has 3 rings (SSSR count). The molecule has 0 radical (unpaired) electrons. The van der Waals surface area contributed by atoms with Crippen LogP contribution in [-0.2, 0) is 6.54 Å². The van der Waals surface area contributed by atoms with E-state index in [1.807, 2.05) is 34.9 Å². The van der Waals surface area contributed by atoms with E-state index in [4.69, 9.17) is 0 Å². The summed E-state index contributed by atoms with van der Waals surface area (Å²) in [6.45, 7) is 9.46. The molecule has 0 fully saturated rings. The lowest BCUT2D eigenvalue weighted by Gasteiger charge is -2.07. The maximum atomic E-state index is 12.7. The smallest absolute Gasteiger partial charge is 0.192 e. The van der Waals surface area contributed by atoms with Crippen molar-refractivity contribution < 1.29 is 9.59 Å². The van der Waals surface area contributed by atoms with Crippen LogP contribution in [0, 0.1) is 13.8 Å². The number of ketones is 2. The van der Waals surface area contributed by atoms with Gasteiger partial charge in [0, 0.05) is 23.4 Å². The quantitative estimate of drug-likeness (QED) is 0.351. The maximum Gasteiger partial charge on any atom is 0.192 e. The van der Waals surface area contributed by atoms with Gasteiger partial charge >= 0.3 is 0 Å². The molecule has 6 nitrogen and oxygen atoms in total. The van der Waals surface area contributed by atoms with Gasteiger partial charge in [-0.1, -0.05) is 48.2 Å². The van der Waals surface area contributed by atoms with E-state index < -0.39 is 0 Å². The number of aromatic nitrogens is 4. The Bertz CT molecular complexity index is 1030. The van der Waals surface area contributed by atoms with Crippen molar-refractivity contribution in [2.24, 2.45) is 0 Å². The zero-order valence-electron chi connectivity index (χ0n) is 16.2. The van der Waals surface area contributed by atoms with Crippen molar-refractivity contribution in [2.75, 3.05) is 5.75 Å². The molecule has 0 bridgehead atoms. The number of hydrogen-bond acceptors (Lipinski definition) is 5. The number of H-pyrrole nitrogens is 1. The van der Waals surface area contributed by atoms with Crippen molar-refractivity contribution in [1.29, 1.82) is 0 Å². The average molecular weight is 395 g/mol. The van der Waals surface area contributed by atoms with Gasteiger partial charge in [0.1, 0.15) is 0 Å². The van der Waals surface area contributed by atoms with E-state index >= 15 is 0 Å². The van der Waals surface area contributed by atoms with Crippen LogP contribution < -0.4 is 0 Å². The molecule has 7 heteroatoms. The highest BCUT2D eigenvalue weighted by molar-refractivity contribution is 7.99. The Labute approximate surface area is 168 Å². The molecule has 28 heavy (non-hydrogen) atoms. The van der Waals surface area contributed by atoms with Crippen LogP contribution in [0.15, 0.2) is 48.1 Å². The minimum atomic E-state index is -0.0764. The van der Waals surface area contributed by atoms with Gasteiger partial charge in [0.2, 0.25) is 0 Å². The molecule has 1 N–H and O–H groups in total. The fourth-order valence-corrected chi connectivity index (χ4v) is 4.07. The second-order valence-electron chi connectivity index (χ2n) is 6.46. The van der Waals surface area contributed by atoms with Gasteiger partial charge in [-0.05, 0) is 26.3 Å². The monoisotopic (exact) mass is 394 g/mol. The number of aryl methyl sites for hydroxylation is 1. The second-order valence-corrected chi connectivity index (χ2v) is 7.41. The number of nitrogens with one attached hydrogen (secondary N) is 1. The zero-order valence-corrected chi connectivity index (χ0v) is 17.0. The molecule has 0 aliphatic heterocycles. The van der Waals surface area contributed by atoms with Crippen LogP contribution in [0.25, 0.3) is 11.4 Å². The Balaban J connectivity index is 1.82. The molecule has 2 heterocycles. The number of carbonyl (C=O) groups excluding carboxylic acids is 2. The largest absolute Gasteiger partial charge is 0.355 e. The van der Waals surface area contributed by atoms with Gasteiger partial charge < -0.3 is 4.98 Å². The van der Waals surface area contributed by atoms with E-state index in [-0.39, 0.29) is 17.3 Å². The number of aromatic amines is 1. The lowest BCUT2D eigenvalue weighted by atomic mass is 10.1. The van der Waals surface area contributed by atoms with Crippen LogP contribution in [0.3, 0.4) is 0 Å². The van der Waals surface area contributed by atoms with Crippen LogP contribution in [-0.4, -0.2) is 37.1 Å². The third kappa shape index (κ3) is 3.84. The third-order valence-corrected chi connectivity index (χ3v) is 5.43. The average Bonchev–Trinajstić information content (AvgIpc) is 3.21. The van der Waals surface area contributed by atoms with E-state index in [9.17, 15) is 9.59 Å². The summed E-state index contributed by atoms with van der Waals surface area (Å²) in [5.74, 6) is 0.812. The number of rotatable bonds is 8. The number of benzene rings is 1. The molecular weight excluding hydrogens is 372 g/mol. The van der Waals surface area contributed by atoms with Crippen molar-refractivity contribution in [2.45, 2.75) is 32.5 Å². The van der Waals surface area contributed by atoms with E-state index in [2.05, 4.69) is 21.8 Å². The summed E-state index contributed by atoms with van der Waals surface area (Å²) in [6.07, 6.45) is 1.78. The predicted octanol–water partition coefficient (Wildman–Crippen LogP) is 4.25. The van der Waals surface area contributed by atoms with Crippen molar-refractivity contribution in [1.82, 2.24) is 19.7 Å². The topological polar surface area (TPSA) is 80.6 Å². The molecule has 0 aliphatic rings. The minimum absolute atomic E-state index is 0.0452. The first-order valence-electron chi connectivity index (χ1n) is 8.89. The van der Waals surface area contributed by atoms with E-state index in [1.165, 1.54) is 18.7 Å². The van der Waals surface area contributed by atoms with Crippen LogP contribution in [0.4, 0.5) is 0 Å². The van der Waals surface area contributed by atoms with E-state index in [0.29, 0.717) is 28.5 Å². The number of allylic oxidation sites excluding steroid dienone is 1. The third-order valence-electron chi connectivity index (χ3n) is 4.46. The number of thioether (sulfide) groups is 1. The summed E-state index contributed by atoms with van der Waals surface area (Å²) >= 11 is 1.32. The highest BCUT2D eigenvalue weighted by Gasteiger charge is 2.21. The van der Waals surface area contributed by atoms with Crippen LogP contribution in [0.2, 0.25) is 0 Å². The normalized spacial score (nSPS) is 10.8. The van der Waals surface area contributed by atoms with E-state index in [1.54, 1.807) is 19.9 Å². The van der Waals surface area contributed by atoms with Gasteiger partial charge in [-0.15, -0.1) is 16.8 Å². The van der Waals surface area contributed by atoms with Crippen LogP contribution in [0.1, 0.15) is 39.0 Å². The molecule has 0 spiro atoms. The summed E-state index contributed by atoms with van der Waals surface area (Å²) < 4.78 is 1.94. The van der Waals surface area contributed by atoms with Gasteiger partial charge in [-0.2, -0.15) is 0 Å². The van der Waals surface area contributed by atoms with Crippen LogP contribution >= 0.6 is 11.8 Å². The lowest BCUT2D eigenvalue weighted by Crippen LogP contribution is -2.07. The number of hydrogen-bond donors (Lipinski definition) is 1. The fraction of sp³-hybridized carbons (Fsp3) is 0.238. The van der Waals surface area contributed by atoms with Crippen molar-refractivity contribution in [3.05, 3.63) is 65.5 Å². The summed E-state index contributed by atoms with van der Waals surface area (Å²) in [6, 6.07) is 9.78. The van der Waals surface area contributed by atoms with Gasteiger partial charge in [0.05, 0.1) is 11.4 Å². The molecule has 0 unspecified atom stereocenters. The molecular formula is C21H22N4O2S. The SMILES string of the molecule is C=CCn1c(SCC(=O)c2[nH]c(C)c(C(C)=O)c2C)nnc1-c1ccccc1. The molecule has 2 aromatic heterocycles. The summed E-state index contributed by atoms with van der Waals surface area (Å²) in [5.41, 5.74) is 3.45. The fourth-order valence-electron chi connectivity index (χ4n) is 3.25. The van der Waals surface area contributed by atoms with Gasteiger partial charge in [0.15, 0.2) is 22.5 Å². The predicted molar refractivity (Wildman–Crippen MR) is 111 cm³/mol. The second kappa shape index (κ2) is 8.39. The molecule has 0 saturated carbocycles. The Morgan fingerprint density at radius 3 is 2.54 bits per heavy atom. The van der Waals surface area contributed by atoms with Crippen molar-refractivity contribution >= 4 is 23.3 Å². The molecule has 0 amide bonds. The van der Waals surface area contributed by atoms with Crippen LogP contribution in [0.5, 0.6) is 0 Å². The number of nitrogens with zero attached hydrogens (tertiary/aromatic N) is 3. The van der Waals surface area contributed by atoms with E-state index in [0.717, 1.165) is 17.1 Å². The van der Waals surface area contributed by atoms with Gasteiger partial charge in [0.25, 0.3) is 0 Å². The summed E-state index contributed by atoms with van der Waals surface area (Å²) in [4.78, 5) is 27.6. The first-order valence-corrected chi connectivity index (χ1v) is 9.88. The number of carbonyl (C=O) groups is 2. The number of Topliss-reactive ketones (excluding diaryl/α,β-unsaturated/α-hetero) is 2. The first-order chi connectivity index (χ1) is 13.4. The Morgan fingerprint density at radius 1 is 1.21 bits per heavy atom.